The molecule has 19 heavy (non-hydrogen) atoms. The Bertz CT molecular complexity index is 564. The lowest BCUT2D eigenvalue weighted by Gasteiger charge is -1.99. The summed E-state index contributed by atoms with van der Waals surface area (Å²) in [5.41, 5.74) is 4.24. The van der Waals surface area contributed by atoms with Crippen LogP contribution in [0.2, 0.25) is 0 Å². The van der Waals surface area contributed by atoms with Gasteiger partial charge in [0, 0.05) is 22.7 Å². The molecule has 0 aliphatic rings. The van der Waals surface area contributed by atoms with E-state index in [-0.39, 0.29) is 5.91 Å². The summed E-state index contributed by atoms with van der Waals surface area (Å²) < 4.78 is 0.941. The van der Waals surface area contributed by atoms with Crippen LogP contribution in [0.25, 0.3) is 0 Å². The molecule has 0 fully saturated rings. The summed E-state index contributed by atoms with van der Waals surface area (Å²) in [6.07, 6.45) is 2.38. The average Bonchev–Trinajstić information content (AvgIpc) is 2.45. The molecule has 0 bridgehead atoms. The van der Waals surface area contributed by atoms with Crippen LogP contribution < -0.4 is 5.43 Å². The minimum Gasteiger partial charge on any atom is -0.267 e. The molecule has 2 aromatic carbocycles. The highest BCUT2D eigenvalue weighted by atomic mass is 79.9. The third kappa shape index (κ3) is 4.34. The van der Waals surface area contributed by atoms with Gasteiger partial charge in [-0.2, -0.15) is 5.10 Å². The van der Waals surface area contributed by atoms with Gasteiger partial charge in [-0.3, -0.25) is 4.79 Å². The van der Waals surface area contributed by atoms with Crippen molar-refractivity contribution in [2.45, 2.75) is 6.42 Å². The third-order valence-corrected chi connectivity index (χ3v) is 3.06. The van der Waals surface area contributed by atoms with Crippen molar-refractivity contribution in [3.63, 3.8) is 0 Å². The molecule has 0 aromatic heterocycles. The van der Waals surface area contributed by atoms with Gasteiger partial charge in [0.2, 0.25) is 0 Å². The van der Waals surface area contributed by atoms with Gasteiger partial charge < -0.3 is 0 Å². The van der Waals surface area contributed by atoms with Crippen LogP contribution in [0.5, 0.6) is 0 Å². The van der Waals surface area contributed by atoms with E-state index in [1.165, 1.54) is 0 Å². The van der Waals surface area contributed by atoms with Gasteiger partial charge in [-0.1, -0.05) is 46.3 Å². The molecule has 0 aliphatic carbocycles. The maximum absolute atomic E-state index is 11.7. The molecule has 0 atom stereocenters. The Morgan fingerprint density at radius 2 is 1.79 bits per heavy atom. The molecule has 0 aliphatic heterocycles. The standard InChI is InChI=1S/C15H13BrN2O/c16-14-8-6-13(7-9-14)15(19)18-17-11-10-12-4-2-1-3-5-12/h1-9,11H,10H2,(H,18,19)/b17-11+. The first kappa shape index (κ1) is 13.5. The highest BCUT2D eigenvalue weighted by Gasteiger charge is 2.02. The first-order chi connectivity index (χ1) is 9.25. The number of hydrogen-bond acceptors (Lipinski definition) is 2. The molecular weight excluding hydrogens is 304 g/mol. The van der Waals surface area contributed by atoms with Crippen LogP contribution in [0.4, 0.5) is 0 Å². The topological polar surface area (TPSA) is 41.5 Å². The van der Waals surface area contributed by atoms with E-state index in [0.29, 0.717) is 12.0 Å². The number of hydrogen-bond donors (Lipinski definition) is 1. The van der Waals surface area contributed by atoms with Gasteiger partial charge in [0.1, 0.15) is 0 Å². The Morgan fingerprint density at radius 1 is 1.11 bits per heavy atom. The van der Waals surface area contributed by atoms with Crippen LogP contribution in [0.3, 0.4) is 0 Å². The highest BCUT2D eigenvalue weighted by molar-refractivity contribution is 9.10. The van der Waals surface area contributed by atoms with Crippen molar-refractivity contribution in [3.05, 3.63) is 70.2 Å². The van der Waals surface area contributed by atoms with E-state index >= 15 is 0 Å². The number of benzene rings is 2. The lowest BCUT2D eigenvalue weighted by molar-refractivity contribution is 0.0955. The predicted molar refractivity (Wildman–Crippen MR) is 80.2 cm³/mol. The van der Waals surface area contributed by atoms with Gasteiger partial charge in [0.15, 0.2) is 0 Å². The zero-order valence-electron chi connectivity index (χ0n) is 10.2. The molecule has 2 aromatic rings. The van der Waals surface area contributed by atoms with E-state index in [1.54, 1.807) is 18.3 Å². The van der Waals surface area contributed by atoms with E-state index in [0.717, 1.165) is 10.0 Å². The molecule has 3 nitrogen and oxygen atoms in total. The summed E-state index contributed by atoms with van der Waals surface area (Å²) in [6, 6.07) is 17.1. The Morgan fingerprint density at radius 3 is 2.47 bits per heavy atom. The highest BCUT2D eigenvalue weighted by Crippen LogP contribution is 2.10. The lowest BCUT2D eigenvalue weighted by Crippen LogP contribution is -2.17. The van der Waals surface area contributed by atoms with Gasteiger partial charge in [-0.05, 0) is 29.8 Å². The van der Waals surface area contributed by atoms with Crippen molar-refractivity contribution in [2.24, 2.45) is 5.10 Å². The summed E-state index contributed by atoms with van der Waals surface area (Å²) in [5, 5.41) is 3.93. The first-order valence-electron chi connectivity index (χ1n) is 5.87. The van der Waals surface area contributed by atoms with E-state index in [9.17, 15) is 4.79 Å². The molecule has 96 valence electrons. The molecule has 0 heterocycles. The first-order valence-corrected chi connectivity index (χ1v) is 6.66. The molecule has 1 N–H and O–H groups in total. The summed E-state index contributed by atoms with van der Waals surface area (Å²) in [4.78, 5) is 11.7. The number of hydrazone groups is 1. The summed E-state index contributed by atoms with van der Waals surface area (Å²) in [6.45, 7) is 0. The fourth-order valence-electron chi connectivity index (χ4n) is 1.54. The monoisotopic (exact) mass is 316 g/mol. The molecule has 0 saturated carbocycles. The van der Waals surface area contributed by atoms with Crippen molar-refractivity contribution < 1.29 is 4.79 Å². The molecule has 2 rings (SSSR count). The molecule has 0 spiro atoms. The van der Waals surface area contributed by atoms with Gasteiger partial charge >= 0.3 is 0 Å². The van der Waals surface area contributed by atoms with E-state index in [2.05, 4.69) is 26.5 Å². The Balaban J connectivity index is 1.85. The largest absolute Gasteiger partial charge is 0.271 e. The van der Waals surface area contributed by atoms with Crippen molar-refractivity contribution in [1.29, 1.82) is 0 Å². The molecule has 0 radical (unpaired) electrons. The molecule has 4 heteroatoms. The van der Waals surface area contributed by atoms with Crippen molar-refractivity contribution in [1.82, 2.24) is 5.43 Å². The van der Waals surface area contributed by atoms with Crippen molar-refractivity contribution >= 4 is 28.1 Å². The Kier molecular flexibility index (Phi) is 4.86. The summed E-state index contributed by atoms with van der Waals surface area (Å²) in [7, 11) is 0. The normalized spacial score (nSPS) is 10.6. The van der Waals surface area contributed by atoms with Crippen LogP contribution in [0, 0.1) is 0 Å². The van der Waals surface area contributed by atoms with Gasteiger partial charge in [-0.25, -0.2) is 5.43 Å². The molecule has 1 amide bonds. The molecule has 0 unspecified atom stereocenters. The minimum atomic E-state index is -0.211. The van der Waals surface area contributed by atoms with Crippen LogP contribution >= 0.6 is 15.9 Å². The number of nitrogens with one attached hydrogen (secondary N) is 1. The number of amides is 1. The van der Waals surface area contributed by atoms with Gasteiger partial charge in [0.25, 0.3) is 5.91 Å². The van der Waals surface area contributed by atoms with Crippen LogP contribution in [-0.4, -0.2) is 12.1 Å². The van der Waals surface area contributed by atoms with Gasteiger partial charge in [-0.15, -0.1) is 0 Å². The van der Waals surface area contributed by atoms with Crippen LogP contribution in [-0.2, 0) is 6.42 Å². The van der Waals surface area contributed by atoms with E-state index in [1.807, 2.05) is 42.5 Å². The molecular formula is C15H13BrN2O. The van der Waals surface area contributed by atoms with Gasteiger partial charge in [0.05, 0.1) is 0 Å². The van der Waals surface area contributed by atoms with E-state index in [4.69, 9.17) is 0 Å². The third-order valence-electron chi connectivity index (χ3n) is 2.53. The van der Waals surface area contributed by atoms with Crippen LogP contribution in [0.1, 0.15) is 15.9 Å². The predicted octanol–water partition coefficient (Wildman–Crippen LogP) is 3.41. The number of nitrogens with zero attached hydrogens (tertiary/aromatic N) is 1. The Hall–Kier alpha value is -1.94. The number of carbonyl (C=O) groups excluding carboxylic acids is 1. The lowest BCUT2D eigenvalue weighted by atomic mass is 10.2. The fourth-order valence-corrected chi connectivity index (χ4v) is 1.80. The average molecular weight is 317 g/mol. The quantitative estimate of drug-likeness (QED) is 0.681. The molecule has 0 saturated heterocycles. The van der Waals surface area contributed by atoms with Crippen LogP contribution in [0.15, 0.2) is 64.2 Å². The van der Waals surface area contributed by atoms with Crippen molar-refractivity contribution in [2.75, 3.05) is 0 Å². The fraction of sp³-hybridized carbons (Fsp3) is 0.0667. The second-order valence-electron chi connectivity index (χ2n) is 3.95. The minimum absolute atomic E-state index is 0.211. The van der Waals surface area contributed by atoms with Crippen molar-refractivity contribution in [3.8, 4) is 0 Å². The zero-order valence-corrected chi connectivity index (χ0v) is 11.8. The Labute approximate surface area is 120 Å². The SMILES string of the molecule is O=C(N/N=C/Cc1ccccc1)c1ccc(Br)cc1. The summed E-state index contributed by atoms with van der Waals surface area (Å²) >= 11 is 3.32. The maximum Gasteiger partial charge on any atom is 0.271 e. The zero-order chi connectivity index (χ0) is 13.5. The number of halogens is 1. The maximum atomic E-state index is 11.7. The number of rotatable bonds is 4. The number of carbonyl (C=O) groups is 1. The second-order valence-corrected chi connectivity index (χ2v) is 4.86. The smallest absolute Gasteiger partial charge is 0.267 e. The summed E-state index contributed by atoms with van der Waals surface area (Å²) in [5.74, 6) is -0.211. The van der Waals surface area contributed by atoms with E-state index < -0.39 is 0 Å². The second kappa shape index (κ2) is 6.85.